The van der Waals surface area contributed by atoms with Gasteiger partial charge in [0, 0.05) is 10.6 Å². The Kier molecular flexibility index (Phi) is 4.54. The minimum atomic E-state index is -1.16. The average Bonchev–Trinajstić information content (AvgIpc) is 3.31. The SMILES string of the molecule is O=C(NC1(C(=O)O)CCSC1)c1ccc(-c2ccc3c(c2)OCCO3)s1. The van der Waals surface area contributed by atoms with E-state index in [-0.39, 0.29) is 5.91 Å². The molecule has 1 saturated heterocycles. The van der Waals surface area contributed by atoms with E-state index in [1.165, 1.54) is 11.3 Å². The summed E-state index contributed by atoms with van der Waals surface area (Å²) in [5.41, 5.74) is -0.231. The van der Waals surface area contributed by atoms with Crippen molar-refractivity contribution in [1.82, 2.24) is 5.32 Å². The zero-order valence-electron chi connectivity index (χ0n) is 13.8. The van der Waals surface area contributed by atoms with Gasteiger partial charge in [0.2, 0.25) is 0 Å². The molecule has 0 bridgehead atoms. The Morgan fingerprint density at radius 1 is 1.12 bits per heavy atom. The fourth-order valence-corrected chi connectivity index (χ4v) is 5.20. The van der Waals surface area contributed by atoms with E-state index in [0.717, 1.165) is 21.9 Å². The standard InChI is InChI=1S/C18H17NO5S2/c20-16(19-18(17(21)22)5-8-25-10-18)15-4-3-14(26-15)11-1-2-12-13(9-11)24-7-6-23-12/h1-4,9H,5-8,10H2,(H,19,20)(H,21,22). The van der Waals surface area contributed by atoms with Crippen LogP contribution in [0.3, 0.4) is 0 Å². The minimum Gasteiger partial charge on any atom is -0.486 e. The lowest BCUT2D eigenvalue weighted by atomic mass is 9.99. The summed E-state index contributed by atoms with van der Waals surface area (Å²) in [4.78, 5) is 25.6. The zero-order valence-corrected chi connectivity index (χ0v) is 15.5. The van der Waals surface area contributed by atoms with E-state index in [9.17, 15) is 14.7 Å². The van der Waals surface area contributed by atoms with Gasteiger partial charge >= 0.3 is 5.97 Å². The van der Waals surface area contributed by atoms with Crippen molar-refractivity contribution in [2.45, 2.75) is 12.0 Å². The quantitative estimate of drug-likeness (QED) is 0.834. The molecular weight excluding hydrogens is 374 g/mol. The van der Waals surface area contributed by atoms with Crippen molar-refractivity contribution in [3.8, 4) is 21.9 Å². The Morgan fingerprint density at radius 3 is 2.65 bits per heavy atom. The zero-order chi connectivity index (χ0) is 18.1. The van der Waals surface area contributed by atoms with Crippen LogP contribution in [-0.4, -0.2) is 47.2 Å². The molecule has 1 aromatic heterocycles. The molecule has 26 heavy (non-hydrogen) atoms. The van der Waals surface area contributed by atoms with Crippen molar-refractivity contribution in [3.63, 3.8) is 0 Å². The van der Waals surface area contributed by atoms with E-state index < -0.39 is 11.5 Å². The molecule has 2 aliphatic heterocycles. The van der Waals surface area contributed by atoms with Crippen molar-refractivity contribution in [2.75, 3.05) is 24.7 Å². The maximum absolute atomic E-state index is 12.6. The summed E-state index contributed by atoms with van der Waals surface area (Å²) in [5, 5.41) is 12.2. The molecule has 0 radical (unpaired) electrons. The van der Waals surface area contributed by atoms with Crippen molar-refractivity contribution in [2.24, 2.45) is 0 Å². The molecule has 0 saturated carbocycles. The molecule has 136 valence electrons. The van der Waals surface area contributed by atoms with Gasteiger partial charge in [0.25, 0.3) is 5.91 Å². The van der Waals surface area contributed by atoms with Crippen LogP contribution in [-0.2, 0) is 4.79 Å². The monoisotopic (exact) mass is 391 g/mol. The summed E-state index contributed by atoms with van der Waals surface area (Å²) in [6.07, 6.45) is 0.444. The molecule has 0 spiro atoms. The topological polar surface area (TPSA) is 84.9 Å². The maximum Gasteiger partial charge on any atom is 0.330 e. The first-order chi connectivity index (χ1) is 12.6. The Bertz CT molecular complexity index is 857. The number of benzene rings is 1. The van der Waals surface area contributed by atoms with Crippen LogP contribution in [0.5, 0.6) is 11.5 Å². The number of carboxylic acid groups (broad SMARTS) is 1. The van der Waals surface area contributed by atoms with Gasteiger partial charge < -0.3 is 19.9 Å². The molecular formula is C18H17NO5S2. The number of carboxylic acids is 1. The smallest absolute Gasteiger partial charge is 0.330 e. The number of ether oxygens (including phenoxy) is 2. The van der Waals surface area contributed by atoms with Crippen LogP contribution in [0.15, 0.2) is 30.3 Å². The van der Waals surface area contributed by atoms with Crippen LogP contribution in [0.25, 0.3) is 10.4 Å². The lowest BCUT2D eigenvalue weighted by Crippen LogP contribution is -2.54. The number of hydrogen-bond acceptors (Lipinski definition) is 6. The summed E-state index contributed by atoms with van der Waals surface area (Å²) in [7, 11) is 0. The molecule has 1 aromatic carbocycles. The molecule has 6 nitrogen and oxygen atoms in total. The first-order valence-corrected chi connectivity index (χ1v) is 10.2. The van der Waals surface area contributed by atoms with Gasteiger partial charge in [-0.15, -0.1) is 11.3 Å². The fraction of sp³-hybridized carbons (Fsp3) is 0.333. The van der Waals surface area contributed by atoms with Gasteiger partial charge in [-0.3, -0.25) is 4.79 Å². The molecule has 1 atom stereocenters. The number of fused-ring (bicyclic) bond motifs is 1. The Labute approximate surface area is 158 Å². The second-order valence-electron chi connectivity index (χ2n) is 6.17. The molecule has 0 aliphatic carbocycles. The first kappa shape index (κ1) is 17.2. The molecule has 2 aliphatic rings. The van der Waals surface area contributed by atoms with Gasteiger partial charge in [0.15, 0.2) is 11.5 Å². The number of carbonyl (C=O) groups is 2. The van der Waals surface area contributed by atoms with Crippen LogP contribution in [0.4, 0.5) is 0 Å². The van der Waals surface area contributed by atoms with Crippen molar-refractivity contribution >= 4 is 35.0 Å². The number of nitrogens with one attached hydrogen (secondary N) is 1. The molecule has 3 heterocycles. The lowest BCUT2D eigenvalue weighted by molar-refractivity contribution is -0.143. The molecule has 1 fully saturated rings. The molecule has 4 rings (SSSR count). The van der Waals surface area contributed by atoms with Crippen molar-refractivity contribution in [1.29, 1.82) is 0 Å². The predicted octanol–water partition coefficient (Wildman–Crippen LogP) is 2.88. The highest BCUT2D eigenvalue weighted by Gasteiger charge is 2.43. The highest BCUT2D eigenvalue weighted by atomic mass is 32.2. The molecule has 8 heteroatoms. The predicted molar refractivity (Wildman–Crippen MR) is 101 cm³/mol. The number of rotatable bonds is 4. The average molecular weight is 391 g/mol. The van der Waals surface area contributed by atoms with Gasteiger partial charge in [-0.25, -0.2) is 4.79 Å². The van der Waals surface area contributed by atoms with Gasteiger partial charge in [0.1, 0.15) is 18.8 Å². The van der Waals surface area contributed by atoms with E-state index in [1.54, 1.807) is 17.8 Å². The fourth-order valence-electron chi connectivity index (χ4n) is 2.98. The van der Waals surface area contributed by atoms with E-state index in [0.29, 0.717) is 36.0 Å². The van der Waals surface area contributed by atoms with Gasteiger partial charge in [-0.1, -0.05) is 0 Å². The molecule has 1 amide bonds. The Balaban J connectivity index is 1.54. The summed E-state index contributed by atoms with van der Waals surface area (Å²) in [5.74, 6) is 1.23. The number of carbonyl (C=O) groups excluding carboxylic acids is 1. The van der Waals surface area contributed by atoms with Crippen molar-refractivity contribution < 1.29 is 24.2 Å². The van der Waals surface area contributed by atoms with E-state index in [2.05, 4.69) is 5.32 Å². The summed E-state index contributed by atoms with van der Waals surface area (Å²) < 4.78 is 11.1. The minimum absolute atomic E-state index is 0.344. The first-order valence-electron chi connectivity index (χ1n) is 8.21. The van der Waals surface area contributed by atoms with Gasteiger partial charge in [-0.05, 0) is 48.1 Å². The summed E-state index contributed by atoms with van der Waals surface area (Å²) >= 11 is 2.87. The van der Waals surface area contributed by atoms with Gasteiger partial charge in [0.05, 0.1) is 4.88 Å². The Morgan fingerprint density at radius 2 is 1.92 bits per heavy atom. The van der Waals surface area contributed by atoms with Crippen molar-refractivity contribution in [3.05, 3.63) is 35.2 Å². The maximum atomic E-state index is 12.6. The summed E-state index contributed by atoms with van der Waals surface area (Å²) in [6.45, 7) is 1.06. The number of aliphatic carboxylic acids is 1. The van der Waals surface area contributed by atoms with Gasteiger partial charge in [-0.2, -0.15) is 11.8 Å². The van der Waals surface area contributed by atoms with Crippen LogP contribution in [0.1, 0.15) is 16.1 Å². The highest BCUT2D eigenvalue weighted by molar-refractivity contribution is 7.99. The van der Waals surface area contributed by atoms with Crippen LogP contribution < -0.4 is 14.8 Å². The Hall–Kier alpha value is -2.19. The molecule has 2 N–H and O–H groups in total. The van der Waals surface area contributed by atoms with E-state index in [1.807, 2.05) is 24.3 Å². The number of thioether (sulfide) groups is 1. The second kappa shape index (κ2) is 6.85. The van der Waals surface area contributed by atoms with Crippen LogP contribution in [0.2, 0.25) is 0 Å². The molecule has 1 unspecified atom stereocenters. The third-order valence-corrected chi connectivity index (χ3v) is 6.76. The molecule has 2 aromatic rings. The largest absolute Gasteiger partial charge is 0.486 e. The lowest BCUT2D eigenvalue weighted by Gasteiger charge is -2.24. The third kappa shape index (κ3) is 3.14. The van der Waals surface area contributed by atoms with E-state index in [4.69, 9.17) is 9.47 Å². The number of thiophene rings is 1. The number of hydrogen-bond donors (Lipinski definition) is 2. The second-order valence-corrected chi connectivity index (χ2v) is 8.36. The third-order valence-electron chi connectivity index (χ3n) is 4.44. The van der Waals surface area contributed by atoms with Crippen LogP contribution in [0, 0.1) is 0 Å². The normalized spacial score (nSPS) is 21.4. The number of amides is 1. The summed E-state index contributed by atoms with van der Waals surface area (Å²) in [6, 6.07) is 9.27. The van der Waals surface area contributed by atoms with Crippen LogP contribution >= 0.6 is 23.1 Å². The highest BCUT2D eigenvalue weighted by Crippen LogP contribution is 2.37. The van der Waals surface area contributed by atoms with E-state index >= 15 is 0 Å².